The number of carbonyl (C=O) groups excluding carboxylic acids is 1. The first-order valence-corrected chi connectivity index (χ1v) is 9.37. The fourth-order valence-electron chi connectivity index (χ4n) is 2.71. The van der Waals surface area contributed by atoms with E-state index < -0.39 is 12.0 Å². The molecule has 0 saturated heterocycles. The molecule has 0 aliphatic rings. The van der Waals surface area contributed by atoms with Crippen molar-refractivity contribution in [2.24, 2.45) is 5.73 Å². The molecular weight excluding hydrogens is 421 g/mol. The highest BCUT2D eigenvalue weighted by molar-refractivity contribution is 6.35. The predicted molar refractivity (Wildman–Crippen MR) is 112 cm³/mol. The van der Waals surface area contributed by atoms with Crippen molar-refractivity contribution in [3.63, 3.8) is 0 Å². The summed E-state index contributed by atoms with van der Waals surface area (Å²) in [6.07, 6.45) is -0.598. The van der Waals surface area contributed by atoms with Crippen LogP contribution in [0.1, 0.15) is 27.6 Å². The molecule has 1 amide bonds. The second-order valence-electron chi connectivity index (χ2n) is 5.95. The Bertz CT molecular complexity index is 1010. The summed E-state index contributed by atoms with van der Waals surface area (Å²) in [6, 6.07) is 17.1. The van der Waals surface area contributed by atoms with Crippen LogP contribution in [0.25, 0.3) is 0 Å². The van der Waals surface area contributed by atoms with Gasteiger partial charge in [-0.15, -0.1) is 0 Å². The summed E-state index contributed by atoms with van der Waals surface area (Å²) in [5.41, 5.74) is 7.20. The van der Waals surface area contributed by atoms with Crippen molar-refractivity contribution in [2.45, 2.75) is 6.10 Å². The van der Waals surface area contributed by atoms with Gasteiger partial charge in [-0.1, -0.05) is 53.0 Å². The highest BCUT2D eigenvalue weighted by Crippen LogP contribution is 2.38. The van der Waals surface area contributed by atoms with Crippen LogP contribution in [-0.4, -0.2) is 13.0 Å². The Hall–Kier alpha value is -2.40. The van der Waals surface area contributed by atoms with Crippen molar-refractivity contribution in [3.05, 3.63) is 92.4 Å². The van der Waals surface area contributed by atoms with Gasteiger partial charge in [0.15, 0.2) is 17.6 Å². The average molecular weight is 437 g/mol. The first-order valence-electron chi connectivity index (χ1n) is 8.24. The van der Waals surface area contributed by atoms with Gasteiger partial charge in [0.05, 0.1) is 7.11 Å². The number of benzene rings is 3. The minimum atomic E-state index is -0.598. The maximum atomic E-state index is 11.6. The lowest BCUT2D eigenvalue weighted by Crippen LogP contribution is -2.13. The van der Waals surface area contributed by atoms with Gasteiger partial charge in [-0.2, -0.15) is 0 Å². The largest absolute Gasteiger partial charge is 0.493 e. The quantitative estimate of drug-likeness (QED) is 0.521. The molecule has 3 aromatic carbocycles. The van der Waals surface area contributed by atoms with E-state index in [0.717, 1.165) is 5.56 Å². The molecule has 7 heteroatoms. The summed E-state index contributed by atoms with van der Waals surface area (Å²) in [5, 5.41) is 1.55. The molecule has 0 fully saturated rings. The highest BCUT2D eigenvalue weighted by atomic mass is 35.5. The topological polar surface area (TPSA) is 61.5 Å². The van der Waals surface area contributed by atoms with Crippen molar-refractivity contribution in [2.75, 3.05) is 7.11 Å². The second-order valence-corrected chi connectivity index (χ2v) is 7.23. The molecule has 1 atom stereocenters. The van der Waals surface area contributed by atoms with Gasteiger partial charge < -0.3 is 15.2 Å². The zero-order chi connectivity index (χ0) is 20.3. The van der Waals surface area contributed by atoms with Gasteiger partial charge in [0.2, 0.25) is 5.91 Å². The summed E-state index contributed by atoms with van der Waals surface area (Å²) < 4.78 is 11.6. The van der Waals surface area contributed by atoms with E-state index in [1.54, 1.807) is 42.5 Å². The van der Waals surface area contributed by atoms with Gasteiger partial charge in [0.1, 0.15) is 0 Å². The molecule has 0 saturated carbocycles. The zero-order valence-corrected chi connectivity index (χ0v) is 17.1. The van der Waals surface area contributed by atoms with Crippen LogP contribution in [0.2, 0.25) is 15.1 Å². The fourth-order valence-corrected chi connectivity index (χ4v) is 3.35. The predicted octanol–water partition coefficient (Wildman–Crippen LogP) is 5.92. The smallest absolute Gasteiger partial charge is 0.248 e. The van der Waals surface area contributed by atoms with Crippen molar-refractivity contribution in [1.82, 2.24) is 0 Å². The van der Waals surface area contributed by atoms with E-state index in [0.29, 0.717) is 37.7 Å². The molecular formula is C21H16Cl3NO3. The molecule has 0 spiro atoms. The van der Waals surface area contributed by atoms with Crippen molar-refractivity contribution in [1.29, 1.82) is 0 Å². The van der Waals surface area contributed by atoms with E-state index in [1.165, 1.54) is 13.2 Å². The third kappa shape index (κ3) is 4.53. The van der Waals surface area contributed by atoms with Crippen LogP contribution < -0.4 is 15.2 Å². The van der Waals surface area contributed by atoms with Crippen molar-refractivity contribution >= 4 is 40.7 Å². The molecule has 0 bridgehead atoms. The van der Waals surface area contributed by atoms with E-state index in [-0.39, 0.29) is 0 Å². The Morgan fingerprint density at radius 2 is 1.57 bits per heavy atom. The Morgan fingerprint density at radius 1 is 0.893 bits per heavy atom. The average Bonchev–Trinajstić information content (AvgIpc) is 2.67. The van der Waals surface area contributed by atoms with Crippen LogP contribution >= 0.6 is 34.8 Å². The molecule has 0 radical (unpaired) electrons. The van der Waals surface area contributed by atoms with E-state index in [2.05, 4.69) is 0 Å². The normalized spacial score (nSPS) is 11.7. The number of ether oxygens (including phenoxy) is 2. The van der Waals surface area contributed by atoms with Gasteiger partial charge in [-0.3, -0.25) is 4.79 Å². The molecule has 2 N–H and O–H groups in total. The van der Waals surface area contributed by atoms with E-state index in [4.69, 9.17) is 50.0 Å². The molecule has 3 rings (SSSR count). The van der Waals surface area contributed by atoms with Crippen LogP contribution in [0.15, 0.2) is 60.7 Å². The molecule has 1 unspecified atom stereocenters. The summed E-state index contributed by atoms with van der Waals surface area (Å²) in [4.78, 5) is 11.6. The number of rotatable bonds is 6. The standard InChI is InChI=1S/C21H16Cl3NO3/c1-27-18-9-4-13(21(25)26)10-19(18)28-20(12-2-5-14(22)6-3-12)16-8-7-15(23)11-17(16)24/h2-11,20H,1H3,(H2,25,26). The molecule has 4 nitrogen and oxygen atoms in total. The third-order valence-electron chi connectivity index (χ3n) is 4.11. The summed E-state index contributed by atoms with van der Waals surface area (Å²) in [6.45, 7) is 0. The number of halogens is 3. The lowest BCUT2D eigenvalue weighted by molar-refractivity contribution is 0.0999. The Morgan fingerprint density at radius 3 is 2.18 bits per heavy atom. The van der Waals surface area contributed by atoms with Gasteiger partial charge in [0.25, 0.3) is 0 Å². The summed E-state index contributed by atoms with van der Waals surface area (Å²) in [7, 11) is 1.51. The van der Waals surface area contributed by atoms with Gasteiger partial charge in [-0.25, -0.2) is 0 Å². The van der Waals surface area contributed by atoms with Crippen LogP contribution in [0.4, 0.5) is 0 Å². The Balaban J connectivity index is 2.11. The van der Waals surface area contributed by atoms with Crippen molar-refractivity contribution < 1.29 is 14.3 Å². The van der Waals surface area contributed by atoms with Crippen LogP contribution in [0.5, 0.6) is 11.5 Å². The minimum Gasteiger partial charge on any atom is -0.493 e. The number of methoxy groups -OCH3 is 1. The lowest BCUT2D eigenvalue weighted by Gasteiger charge is -2.23. The third-order valence-corrected chi connectivity index (χ3v) is 4.93. The number of primary amides is 1. The molecule has 0 heterocycles. The van der Waals surface area contributed by atoms with Crippen molar-refractivity contribution in [3.8, 4) is 11.5 Å². The van der Waals surface area contributed by atoms with Crippen LogP contribution in [0.3, 0.4) is 0 Å². The number of hydrogen-bond donors (Lipinski definition) is 1. The number of amides is 1. The van der Waals surface area contributed by atoms with Gasteiger partial charge in [-0.05, 0) is 48.0 Å². The van der Waals surface area contributed by atoms with Crippen LogP contribution in [-0.2, 0) is 0 Å². The molecule has 0 aliphatic heterocycles. The number of hydrogen-bond acceptors (Lipinski definition) is 3. The highest BCUT2D eigenvalue weighted by Gasteiger charge is 2.22. The minimum absolute atomic E-state index is 0.299. The second kappa shape index (κ2) is 8.74. The SMILES string of the molecule is COc1ccc(C(N)=O)cc1OC(c1ccc(Cl)cc1)c1ccc(Cl)cc1Cl. The fraction of sp³-hybridized carbons (Fsp3) is 0.0952. The molecule has 28 heavy (non-hydrogen) atoms. The maximum absolute atomic E-state index is 11.6. The molecule has 3 aromatic rings. The van der Waals surface area contributed by atoms with E-state index >= 15 is 0 Å². The number of carbonyl (C=O) groups is 1. The number of nitrogens with two attached hydrogens (primary N) is 1. The lowest BCUT2D eigenvalue weighted by atomic mass is 10.0. The summed E-state index contributed by atoms with van der Waals surface area (Å²) >= 11 is 18.5. The van der Waals surface area contributed by atoms with Crippen LogP contribution in [0, 0.1) is 0 Å². The molecule has 0 aliphatic carbocycles. The van der Waals surface area contributed by atoms with Gasteiger partial charge in [0, 0.05) is 26.2 Å². The summed E-state index contributed by atoms with van der Waals surface area (Å²) in [5.74, 6) is 0.235. The van der Waals surface area contributed by atoms with E-state index in [9.17, 15) is 4.79 Å². The zero-order valence-electron chi connectivity index (χ0n) is 14.8. The Labute approximate surface area is 177 Å². The molecule has 0 aromatic heterocycles. The van der Waals surface area contributed by atoms with E-state index in [1.807, 2.05) is 12.1 Å². The van der Waals surface area contributed by atoms with Gasteiger partial charge >= 0.3 is 0 Å². The maximum Gasteiger partial charge on any atom is 0.248 e. The molecule has 144 valence electrons. The first-order chi connectivity index (χ1) is 13.4. The Kier molecular flexibility index (Phi) is 6.35. The monoisotopic (exact) mass is 435 g/mol. The first kappa shape index (κ1) is 20.3.